The van der Waals surface area contributed by atoms with Crippen molar-refractivity contribution in [3.8, 4) is 44.5 Å². The highest BCUT2D eigenvalue weighted by Gasteiger charge is 2.46. The summed E-state index contributed by atoms with van der Waals surface area (Å²) < 4.78 is 0. The van der Waals surface area contributed by atoms with E-state index in [1.54, 1.807) is 0 Å². The fraction of sp³-hybridized carbons (Fsp3) is 0.0380. The molecule has 0 amide bonds. The third-order valence-electron chi connectivity index (χ3n) is 17.0. The average Bonchev–Trinajstić information content (AvgIpc) is 3.99. The highest BCUT2D eigenvalue weighted by atomic mass is 15.1. The molecule has 1 aliphatic rings. The molecule has 0 unspecified atom stereocenters. The molecular formula is C79H56N2. The van der Waals surface area contributed by atoms with Gasteiger partial charge in [0.25, 0.3) is 0 Å². The topological polar surface area (TPSA) is 6.48 Å². The van der Waals surface area contributed by atoms with E-state index in [0.717, 1.165) is 39.7 Å². The number of benzene rings is 14. The molecule has 0 aromatic heterocycles. The van der Waals surface area contributed by atoms with Crippen LogP contribution in [0.25, 0.3) is 76.8 Å². The Kier molecular flexibility index (Phi) is 11.6. The number of fused-ring (bicyclic) bond motifs is 3. The van der Waals surface area contributed by atoms with Gasteiger partial charge in [0.05, 0.1) is 16.8 Å². The second-order valence-corrected chi connectivity index (χ2v) is 21.7. The zero-order valence-electron chi connectivity index (χ0n) is 45.3. The van der Waals surface area contributed by atoms with Crippen LogP contribution in [0.5, 0.6) is 0 Å². The van der Waals surface area contributed by atoms with Gasteiger partial charge in [-0.25, -0.2) is 0 Å². The highest BCUT2D eigenvalue weighted by Crippen LogP contribution is 2.57. The maximum Gasteiger partial charge on any atom is 0.0714 e. The summed E-state index contributed by atoms with van der Waals surface area (Å²) in [4.78, 5) is 4.95. The van der Waals surface area contributed by atoms with Gasteiger partial charge in [-0.1, -0.05) is 254 Å². The van der Waals surface area contributed by atoms with Crippen LogP contribution >= 0.6 is 0 Å². The molecule has 2 heteroatoms. The molecule has 382 valence electrons. The fourth-order valence-electron chi connectivity index (χ4n) is 13.4. The first kappa shape index (κ1) is 47.9. The minimum absolute atomic E-state index is 0.539. The summed E-state index contributed by atoms with van der Waals surface area (Å²) in [6.45, 7) is 4.33. The van der Waals surface area contributed by atoms with E-state index in [0.29, 0.717) is 0 Å². The molecule has 2 nitrogen and oxygen atoms in total. The number of anilines is 6. The van der Waals surface area contributed by atoms with Gasteiger partial charge in [0, 0.05) is 33.5 Å². The predicted molar refractivity (Wildman–Crippen MR) is 343 cm³/mol. The Bertz CT molecular complexity index is 4610. The van der Waals surface area contributed by atoms with E-state index in [-0.39, 0.29) is 0 Å². The summed E-state index contributed by atoms with van der Waals surface area (Å²) >= 11 is 0. The van der Waals surface area contributed by atoms with Crippen molar-refractivity contribution >= 4 is 66.4 Å². The van der Waals surface area contributed by atoms with E-state index in [4.69, 9.17) is 0 Å². The number of hydrogen-bond acceptors (Lipinski definition) is 2. The van der Waals surface area contributed by atoms with E-state index >= 15 is 0 Å². The summed E-state index contributed by atoms with van der Waals surface area (Å²) in [5, 5.41) is 7.30. The van der Waals surface area contributed by atoms with Crippen molar-refractivity contribution in [3.05, 3.63) is 337 Å². The summed E-state index contributed by atoms with van der Waals surface area (Å²) in [5.74, 6) is 0. The van der Waals surface area contributed by atoms with E-state index in [1.807, 2.05) is 0 Å². The summed E-state index contributed by atoms with van der Waals surface area (Å²) in [6.07, 6.45) is 0. The second-order valence-electron chi connectivity index (χ2n) is 21.7. The van der Waals surface area contributed by atoms with Gasteiger partial charge < -0.3 is 9.80 Å². The monoisotopic (exact) mass is 1030 g/mol. The van der Waals surface area contributed by atoms with Crippen molar-refractivity contribution in [2.24, 2.45) is 0 Å². The van der Waals surface area contributed by atoms with Gasteiger partial charge >= 0.3 is 0 Å². The molecule has 0 heterocycles. The normalized spacial score (nSPS) is 12.4. The summed E-state index contributed by atoms with van der Waals surface area (Å²) in [7, 11) is 0. The lowest BCUT2D eigenvalue weighted by molar-refractivity contribution is 0.768. The highest BCUT2D eigenvalue weighted by molar-refractivity contribution is 6.28. The third-order valence-corrected chi connectivity index (χ3v) is 17.0. The van der Waals surface area contributed by atoms with Gasteiger partial charge in [-0.2, -0.15) is 0 Å². The molecule has 0 saturated heterocycles. The molecule has 0 saturated carbocycles. The number of hydrogen-bond donors (Lipinski definition) is 0. The Morgan fingerprint density at radius 2 is 0.654 bits per heavy atom. The van der Waals surface area contributed by atoms with E-state index in [1.165, 1.54) is 105 Å². The summed E-state index contributed by atoms with van der Waals surface area (Å²) in [5.41, 5.74) is 23.3. The molecule has 14 aromatic carbocycles. The van der Waals surface area contributed by atoms with Crippen molar-refractivity contribution in [2.75, 3.05) is 9.80 Å². The molecule has 15 rings (SSSR count). The molecule has 0 radical (unpaired) electrons. The second kappa shape index (κ2) is 19.6. The first-order chi connectivity index (χ1) is 40.0. The predicted octanol–water partition coefficient (Wildman–Crippen LogP) is 21.5. The van der Waals surface area contributed by atoms with Crippen LogP contribution in [0, 0.1) is 13.8 Å². The molecular weight excluding hydrogens is 977 g/mol. The van der Waals surface area contributed by atoms with Gasteiger partial charge in [0.15, 0.2) is 0 Å². The molecule has 0 spiro atoms. The SMILES string of the molecule is Cc1ccc(N(c2cccc(-c3ccccc3-c3ccccc3-c3ccccc3)c2)c2ccc3ccc4c(N(c5ccc(C)cc5)c5cccc(C6(c7ccccc7)c7ccccc7-c7ccccc76)c5)ccc5ccc2c3c54)cc1. The lowest BCUT2D eigenvalue weighted by Gasteiger charge is -2.35. The van der Waals surface area contributed by atoms with E-state index in [9.17, 15) is 0 Å². The van der Waals surface area contributed by atoms with E-state index < -0.39 is 5.41 Å². The molecule has 14 aromatic rings. The van der Waals surface area contributed by atoms with Crippen LogP contribution in [0.4, 0.5) is 34.1 Å². The minimum atomic E-state index is -0.539. The fourth-order valence-corrected chi connectivity index (χ4v) is 13.4. The van der Waals surface area contributed by atoms with Crippen molar-refractivity contribution in [1.82, 2.24) is 0 Å². The van der Waals surface area contributed by atoms with Gasteiger partial charge in [-0.3, -0.25) is 0 Å². The molecule has 0 N–H and O–H groups in total. The quantitative estimate of drug-likeness (QED) is 0.119. The maximum absolute atomic E-state index is 2.49. The van der Waals surface area contributed by atoms with Crippen LogP contribution in [0.2, 0.25) is 0 Å². The van der Waals surface area contributed by atoms with Crippen molar-refractivity contribution in [1.29, 1.82) is 0 Å². The standard InChI is InChI=1S/C79H56N2/c1-53-35-43-61(44-36-53)80(63-25-17-21-58(51-63)66-28-10-12-30-68(66)67-29-11-9-27-65(67)55-19-5-3-6-20-55)75-49-41-56-40-48-72-76(50-42-57-39-47-71(75)77(56)78(57)72)81(62-45-37-54(2)38-46-62)64-26-18-24-60(52-64)79(59-22-7-4-8-23-59)73-33-15-13-31-69(73)70-32-14-16-34-74(70)79/h3-52H,1-2H3. The molecule has 0 bridgehead atoms. The number of aryl methyl sites for hydroxylation is 2. The Hall–Kier alpha value is -10.3. The zero-order chi connectivity index (χ0) is 54.0. The Morgan fingerprint density at radius 1 is 0.259 bits per heavy atom. The van der Waals surface area contributed by atoms with Crippen LogP contribution in [0.15, 0.2) is 303 Å². The van der Waals surface area contributed by atoms with Crippen LogP contribution in [-0.2, 0) is 5.41 Å². The smallest absolute Gasteiger partial charge is 0.0714 e. The number of rotatable bonds is 11. The van der Waals surface area contributed by atoms with Crippen LogP contribution < -0.4 is 9.80 Å². The van der Waals surface area contributed by atoms with E-state index in [2.05, 4.69) is 327 Å². The van der Waals surface area contributed by atoms with Crippen LogP contribution in [0.3, 0.4) is 0 Å². The molecule has 0 aliphatic heterocycles. The van der Waals surface area contributed by atoms with Gasteiger partial charge in [0.2, 0.25) is 0 Å². The summed E-state index contributed by atoms with van der Waals surface area (Å²) in [6, 6.07) is 113. The third kappa shape index (κ3) is 7.86. The van der Waals surface area contributed by atoms with Crippen molar-refractivity contribution < 1.29 is 0 Å². The van der Waals surface area contributed by atoms with Gasteiger partial charge in [0.1, 0.15) is 0 Å². The Morgan fingerprint density at radius 3 is 1.19 bits per heavy atom. The first-order valence-electron chi connectivity index (χ1n) is 28.2. The molecule has 0 atom stereocenters. The number of nitrogens with zero attached hydrogens (tertiary/aromatic N) is 2. The van der Waals surface area contributed by atoms with Gasteiger partial charge in [-0.05, 0) is 163 Å². The van der Waals surface area contributed by atoms with Gasteiger partial charge in [-0.15, -0.1) is 0 Å². The Labute approximate surface area is 474 Å². The molecule has 1 aliphatic carbocycles. The van der Waals surface area contributed by atoms with Crippen LogP contribution in [-0.4, -0.2) is 0 Å². The van der Waals surface area contributed by atoms with Crippen molar-refractivity contribution in [3.63, 3.8) is 0 Å². The average molecular weight is 1030 g/mol. The lowest BCUT2D eigenvalue weighted by Crippen LogP contribution is -2.28. The van der Waals surface area contributed by atoms with Crippen LogP contribution in [0.1, 0.15) is 33.4 Å². The lowest BCUT2D eigenvalue weighted by atomic mass is 9.67. The Balaban J connectivity index is 0.912. The minimum Gasteiger partial charge on any atom is -0.310 e. The first-order valence-corrected chi connectivity index (χ1v) is 28.2. The zero-order valence-corrected chi connectivity index (χ0v) is 45.3. The van der Waals surface area contributed by atoms with Crippen molar-refractivity contribution in [2.45, 2.75) is 19.3 Å². The maximum atomic E-state index is 2.49. The largest absolute Gasteiger partial charge is 0.310 e. The molecule has 0 fully saturated rings. The molecule has 81 heavy (non-hydrogen) atoms.